The maximum absolute atomic E-state index is 13.1. The summed E-state index contributed by atoms with van der Waals surface area (Å²) in [6.45, 7) is 4.49. The molecule has 6 heteroatoms. The van der Waals surface area contributed by atoms with Crippen LogP contribution in [0.25, 0.3) is 10.9 Å². The average molecular weight is 321 g/mol. The molecule has 0 aliphatic heterocycles. The quantitative estimate of drug-likeness (QED) is 0.632. The fourth-order valence-electron chi connectivity index (χ4n) is 2.66. The third-order valence-corrected chi connectivity index (χ3v) is 3.72. The van der Waals surface area contributed by atoms with Crippen molar-refractivity contribution in [3.63, 3.8) is 0 Å². The molecule has 23 heavy (non-hydrogen) atoms. The Balaban J connectivity index is 1.82. The molecule has 0 bridgehead atoms. The first-order chi connectivity index (χ1) is 11.0. The third kappa shape index (κ3) is 4.96. The number of hydrogen-bond donors (Lipinski definition) is 4. The first kappa shape index (κ1) is 17.3. The van der Waals surface area contributed by atoms with Crippen molar-refractivity contribution in [3.8, 4) is 0 Å². The molecule has 1 atom stereocenters. The maximum Gasteiger partial charge on any atom is 0.315 e. The van der Waals surface area contributed by atoms with Crippen LogP contribution in [-0.2, 0) is 6.42 Å². The van der Waals surface area contributed by atoms with Crippen LogP contribution in [0.3, 0.4) is 0 Å². The summed E-state index contributed by atoms with van der Waals surface area (Å²) in [6.07, 6.45) is 3.21. The first-order valence-corrected chi connectivity index (χ1v) is 7.90. The predicted octanol–water partition coefficient (Wildman–Crippen LogP) is 2.56. The van der Waals surface area contributed by atoms with E-state index in [0.29, 0.717) is 18.9 Å². The van der Waals surface area contributed by atoms with Gasteiger partial charge in [-0.2, -0.15) is 0 Å². The number of hydrogen-bond acceptors (Lipinski definition) is 2. The van der Waals surface area contributed by atoms with Crippen molar-refractivity contribution in [2.45, 2.75) is 32.7 Å². The van der Waals surface area contributed by atoms with Crippen LogP contribution in [-0.4, -0.2) is 35.3 Å². The van der Waals surface area contributed by atoms with Gasteiger partial charge in [-0.15, -0.1) is 0 Å². The highest BCUT2D eigenvalue weighted by Gasteiger charge is 2.12. The van der Waals surface area contributed by atoms with Crippen LogP contribution >= 0.6 is 0 Å². The summed E-state index contributed by atoms with van der Waals surface area (Å²) in [5, 5.41) is 15.8. The summed E-state index contributed by atoms with van der Waals surface area (Å²) in [5.74, 6) is 0.127. The molecule has 2 rings (SSSR count). The summed E-state index contributed by atoms with van der Waals surface area (Å²) in [5.41, 5.74) is 1.78. The van der Waals surface area contributed by atoms with Crippen molar-refractivity contribution < 1.29 is 14.3 Å². The van der Waals surface area contributed by atoms with E-state index in [1.165, 1.54) is 12.1 Å². The van der Waals surface area contributed by atoms with Crippen molar-refractivity contribution in [3.05, 3.63) is 35.8 Å². The largest absolute Gasteiger partial charge is 0.394 e. The second-order valence-electron chi connectivity index (χ2n) is 6.16. The van der Waals surface area contributed by atoms with Crippen molar-refractivity contribution in [1.29, 1.82) is 0 Å². The summed E-state index contributed by atoms with van der Waals surface area (Å²) in [7, 11) is 0. The number of carbonyl (C=O) groups excluding carboxylic acids is 1. The van der Waals surface area contributed by atoms with Gasteiger partial charge in [0.25, 0.3) is 0 Å². The van der Waals surface area contributed by atoms with E-state index < -0.39 is 0 Å². The number of nitrogens with one attached hydrogen (secondary N) is 3. The number of amides is 2. The van der Waals surface area contributed by atoms with E-state index in [1.807, 2.05) is 20.0 Å². The minimum atomic E-state index is -0.282. The van der Waals surface area contributed by atoms with Gasteiger partial charge < -0.3 is 20.7 Å². The van der Waals surface area contributed by atoms with Gasteiger partial charge in [-0.1, -0.05) is 13.8 Å². The van der Waals surface area contributed by atoms with Crippen LogP contribution in [0.5, 0.6) is 0 Å². The third-order valence-electron chi connectivity index (χ3n) is 3.72. The lowest BCUT2D eigenvalue weighted by molar-refractivity contribution is 0.207. The Morgan fingerprint density at radius 3 is 2.87 bits per heavy atom. The average Bonchev–Trinajstić information content (AvgIpc) is 2.88. The maximum atomic E-state index is 13.1. The van der Waals surface area contributed by atoms with Gasteiger partial charge in [-0.25, -0.2) is 9.18 Å². The summed E-state index contributed by atoms with van der Waals surface area (Å²) >= 11 is 0. The Bertz CT molecular complexity index is 654. The number of aliphatic hydroxyl groups is 1. The standard InChI is InChI=1S/C17H24FN3O2/c1-11(2)7-14(10-22)21-17(23)19-6-5-12-9-20-16-8-13(18)3-4-15(12)16/h3-4,8-9,11,14,20,22H,5-7,10H2,1-2H3,(H2,19,21,23). The van der Waals surface area contributed by atoms with Gasteiger partial charge in [0.15, 0.2) is 0 Å². The lowest BCUT2D eigenvalue weighted by atomic mass is 10.0. The van der Waals surface area contributed by atoms with Gasteiger partial charge in [-0.05, 0) is 42.5 Å². The second-order valence-corrected chi connectivity index (χ2v) is 6.16. The van der Waals surface area contributed by atoms with E-state index in [0.717, 1.165) is 22.9 Å². The molecule has 0 radical (unpaired) electrons. The topological polar surface area (TPSA) is 77.2 Å². The molecule has 0 aliphatic rings. The van der Waals surface area contributed by atoms with Gasteiger partial charge in [0, 0.05) is 23.6 Å². The Kier molecular flexibility index (Phi) is 5.98. The Hall–Kier alpha value is -2.08. The van der Waals surface area contributed by atoms with Crippen molar-refractivity contribution in [1.82, 2.24) is 15.6 Å². The summed E-state index contributed by atoms with van der Waals surface area (Å²) in [6, 6.07) is 4.11. The SMILES string of the molecule is CC(C)CC(CO)NC(=O)NCCc1c[nH]c2cc(F)ccc12. The van der Waals surface area contributed by atoms with E-state index in [4.69, 9.17) is 0 Å². The van der Waals surface area contributed by atoms with Crippen LogP contribution < -0.4 is 10.6 Å². The molecule has 1 aromatic heterocycles. The number of benzene rings is 1. The monoisotopic (exact) mass is 321 g/mol. The predicted molar refractivity (Wildman–Crippen MR) is 88.8 cm³/mol. The molecule has 5 nitrogen and oxygen atoms in total. The van der Waals surface area contributed by atoms with E-state index in [-0.39, 0.29) is 24.5 Å². The van der Waals surface area contributed by atoms with Crippen molar-refractivity contribution in [2.75, 3.05) is 13.2 Å². The van der Waals surface area contributed by atoms with Gasteiger partial charge in [0.1, 0.15) is 5.82 Å². The van der Waals surface area contributed by atoms with E-state index in [1.54, 1.807) is 6.07 Å². The number of halogens is 1. The highest BCUT2D eigenvalue weighted by molar-refractivity contribution is 5.83. The molecule has 1 unspecified atom stereocenters. The molecule has 1 heterocycles. The van der Waals surface area contributed by atoms with Crippen LogP contribution in [0.2, 0.25) is 0 Å². The highest BCUT2D eigenvalue weighted by atomic mass is 19.1. The highest BCUT2D eigenvalue weighted by Crippen LogP contribution is 2.19. The molecule has 0 fully saturated rings. The zero-order chi connectivity index (χ0) is 16.8. The molecular formula is C17H24FN3O2. The van der Waals surface area contributed by atoms with Crippen LogP contribution in [0.1, 0.15) is 25.8 Å². The minimum Gasteiger partial charge on any atom is -0.394 e. The van der Waals surface area contributed by atoms with Gasteiger partial charge >= 0.3 is 6.03 Å². The minimum absolute atomic E-state index is 0.0698. The Labute approximate surface area is 135 Å². The molecule has 0 aliphatic carbocycles. The van der Waals surface area contributed by atoms with Crippen molar-refractivity contribution in [2.24, 2.45) is 5.92 Å². The van der Waals surface area contributed by atoms with Crippen LogP contribution in [0, 0.1) is 11.7 Å². The molecule has 1 aromatic carbocycles. The smallest absolute Gasteiger partial charge is 0.315 e. The van der Waals surface area contributed by atoms with Gasteiger partial charge in [0.2, 0.25) is 0 Å². The Morgan fingerprint density at radius 2 is 2.17 bits per heavy atom. The zero-order valence-electron chi connectivity index (χ0n) is 13.5. The lowest BCUT2D eigenvalue weighted by Gasteiger charge is -2.18. The number of urea groups is 1. The summed E-state index contributed by atoms with van der Waals surface area (Å²) < 4.78 is 13.1. The molecule has 4 N–H and O–H groups in total. The number of aromatic nitrogens is 1. The van der Waals surface area contributed by atoms with E-state index >= 15 is 0 Å². The molecule has 0 spiro atoms. The number of fused-ring (bicyclic) bond motifs is 1. The number of carbonyl (C=O) groups is 1. The summed E-state index contributed by atoms with van der Waals surface area (Å²) in [4.78, 5) is 14.9. The fraction of sp³-hybridized carbons (Fsp3) is 0.471. The molecule has 0 saturated heterocycles. The fourth-order valence-corrected chi connectivity index (χ4v) is 2.66. The van der Waals surface area contributed by atoms with Crippen LogP contribution in [0.4, 0.5) is 9.18 Å². The number of aromatic amines is 1. The van der Waals surface area contributed by atoms with E-state index in [9.17, 15) is 14.3 Å². The first-order valence-electron chi connectivity index (χ1n) is 7.90. The lowest BCUT2D eigenvalue weighted by Crippen LogP contribution is -2.44. The molecular weight excluding hydrogens is 297 g/mol. The Morgan fingerprint density at radius 1 is 1.39 bits per heavy atom. The number of H-pyrrole nitrogens is 1. The zero-order valence-corrected chi connectivity index (χ0v) is 13.5. The molecule has 2 aromatic rings. The van der Waals surface area contributed by atoms with Crippen molar-refractivity contribution >= 4 is 16.9 Å². The molecule has 126 valence electrons. The van der Waals surface area contributed by atoms with Gasteiger partial charge in [0.05, 0.1) is 12.6 Å². The number of rotatable bonds is 7. The van der Waals surface area contributed by atoms with Gasteiger partial charge in [-0.3, -0.25) is 0 Å². The second kappa shape index (κ2) is 7.97. The van der Waals surface area contributed by atoms with Crippen LogP contribution in [0.15, 0.2) is 24.4 Å². The molecule has 0 saturated carbocycles. The molecule has 2 amide bonds. The van der Waals surface area contributed by atoms with E-state index in [2.05, 4.69) is 15.6 Å². The number of aliphatic hydroxyl groups excluding tert-OH is 1. The normalized spacial score (nSPS) is 12.6.